The Balaban J connectivity index is 2.77. The lowest BCUT2D eigenvalue weighted by Gasteiger charge is -2.36. The Morgan fingerprint density at radius 2 is 2.18 bits per heavy atom. The Bertz CT molecular complexity index is 232. The molecular formula is C14H28N2O. The average Bonchev–Trinajstić information content (AvgIpc) is 2.48. The molecule has 0 amide bonds. The number of hydrogen-bond donors (Lipinski definition) is 1. The minimum atomic E-state index is 0.210. The molecule has 4 atom stereocenters. The summed E-state index contributed by atoms with van der Waals surface area (Å²) in [5.74, 6) is 0.758. The first-order valence-electron chi connectivity index (χ1n) is 6.73. The summed E-state index contributed by atoms with van der Waals surface area (Å²) in [7, 11) is 3.93. The van der Waals surface area contributed by atoms with Crippen molar-refractivity contribution in [3.63, 3.8) is 0 Å². The summed E-state index contributed by atoms with van der Waals surface area (Å²) >= 11 is 0. The Morgan fingerprint density at radius 1 is 1.47 bits per heavy atom. The molecule has 0 saturated heterocycles. The first kappa shape index (κ1) is 14.7. The Kier molecular flexibility index (Phi) is 6.17. The molecule has 4 unspecified atom stereocenters. The van der Waals surface area contributed by atoms with Gasteiger partial charge in [-0.05, 0) is 32.2 Å². The van der Waals surface area contributed by atoms with E-state index in [1.165, 1.54) is 12.8 Å². The summed E-state index contributed by atoms with van der Waals surface area (Å²) in [6.45, 7) is 6.93. The lowest BCUT2D eigenvalue weighted by atomic mass is 9.95. The van der Waals surface area contributed by atoms with Crippen LogP contribution in [0.5, 0.6) is 0 Å². The van der Waals surface area contributed by atoms with E-state index in [9.17, 15) is 0 Å². The zero-order chi connectivity index (χ0) is 12.8. The van der Waals surface area contributed by atoms with Crippen molar-refractivity contribution in [3.8, 4) is 0 Å². The van der Waals surface area contributed by atoms with Gasteiger partial charge in [-0.2, -0.15) is 0 Å². The van der Waals surface area contributed by atoms with Crippen LogP contribution in [0.15, 0.2) is 12.7 Å². The number of likely N-dealkylation sites (N-methyl/N-ethyl adjacent to an activating group) is 1. The van der Waals surface area contributed by atoms with Gasteiger partial charge in [0, 0.05) is 19.7 Å². The molecule has 1 saturated carbocycles. The van der Waals surface area contributed by atoms with Crippen LogP contribution in [-0.4, -0.2) is 43.8 Å². The molecule has 0 aromatic carbocycles. The topological polar surface area (TPSA) is 38.5 Å². The fraction of sp³-hybridized carbons (Fsp3) is 0.857. The Morgan fingerprint density at radius 3 is 2.71 bits per heavy atom. The van der Waals surface area contributed by atoms with Crippen LogP contribution >= 0.6 is 0 Å². The van der Waals surface area contributed by atoms with Crippen molar-refractivity contribution in [3.05, 3.63) is 12.7 Å². The van der Waals surface area contributed by atoms with Gasteiger partial charge >= 0.3 is 0 Å². The van der Waals surface area contributed by atoms with E-state index in [1.54, 1.807) is 0 Å². The predicted octanol–water partition coefficient (Wildman–Crippen LogP) is 2.03. The molecule has 1 aliphatic rings. The van der Waals surface area contributed by atoms with Crippen molar-refractivity contribution in [2.45, 2.75) is 50.8 Å². The molecule has 3 nitrogen and oxygen atoms in total. The van der Waals surface area contributed by atoms with Gasteiger partial charge in [0.15, 0.2) is 0 Å². The van der Waals surface area contributed by atoms with Crippen LogP contribution in [0.3, 0.4) is 0 Å². The molecule has 1 rings (SSSR count). The lowest BCUT2D eigenvalue weighted by molar-refractivity contribution is 0.0103. The molecule has 1 fully saturated rings. The first-order chi connectivity index (χ1) is 8.13. The van der Waals surface area contributed by atoms with Gasteiger partial charge in [-0.15, -0.1) is 6.58 Å². The van der Waals surface area contributed by atoms with Gasteiger partial charge < -0.3 is 10.5 Å². The highest BCUT2D eigenvalue weighted by atomic mass is 16.5. The second-order valence-electron chi connectivity index (χ2n) is 5.24. The quantitative estimate of drug-likeness (QED) is 0.590. The van der Waals surface area contributed by atoms with Gasteiger partial charge in [0.25, 0.3) is 0 Å². The maximum atomic E-state index is 6.34. The van der Waals surface area contributed by atoms with Gasteiger partial charge in [-0.1, -0.05) is 19.4 Å². The number of hydrogen-bond acceptors (Lipinski definition) is 3. The minimum Gasteiger partial charge on any atom is -0.380 e. The third-order valence-corrected chi connectivity index (χ3v) is 4.10. The molecule has 0 bridgehead atoms. The fourth-order valence-electron chi connectivity index (χ4n) is 3.00. The van der Waals surface area contributed by atoms with E-state index in [2.05, 4.69) is 25.5 Å². The number of nitrogens with two attached hydrogens (primary N) is 1. The van der Waals surface area contributed by atoms with E-state index in [0.717, 1.165) is 25.3 Å². The van der Waals surface area contributed by atoms with Crippen molar-refractivity contribution in [2.75, 3.05) is 20.7 Å². The van der Waals surface area contributed by atoms with Crippen molar-refractivity contribution in [1.29, 1.82) is 0 Å². The van der Waals surface area contributed by atoms with Crippen LogP contribution in [0.1, 0.15) is 32.6 Å². The Labute approximate surface area is 106 Å². The maximum Gasteiger partial charge on any atom is 0.0744 e. The van der Waals surface area contributed by atoms with Gasteiger partial charge in [-0.25, -0.2) is 0 Å². The molecule has 0 aromatic heterocycles. The molecule has 100 valence electrons. The highest BCUT2D eigenvalue weighted by Crippen LogP contribution is 2.29. The van der Waals surface area contributed by atoms with Crippen LogP contribution in [-0.2, 0) is 4.74 Å². The van der Waals surface area contributed by atoms with E-state index in [1.807, 2.05) is 13.2 Å². The molecule has 0 aliphatic heterocycles. The van der Waals surface area contributed by atoms with E-state index in [0.29, 0.717) is 6.04 Å². The summed E-state index contributed by atoms with van der Waals surface area (Å²) in [6.07, 6.45) is 6.88. The number of nitrogens with zero attached hydrogens (tertiary/aromatic N) is 1. The van der Waals surface area contributed by atoms with Gasteiger partial charge in [0.2, 0.25) is 0 Å². The third-order valence-electron chi connectivity index (χ3n) is 4.10. The van der Waals surface area contributed by atoms with Crippen LogP contribution in [0.4, 0.5) is 0 Å². The van der Waals surface area contributed by atoms with E-state index in [-0.39, 0.29) is 12.1 Å². The third kappa shape index (κ3) is 3.80. The molecule has 1 aliphatic carbocycles. The zero-order valence-corrected chi connectivity index (χ0v) is 11.6. The maximum absolute atomic E-state index is 6.34. The first-order valence-corrected chi connectivity index (χ1v) is 6.73. The van der Waals surface area contributed by atoms with Crippen LogP contribution in [0.25, 0.3) is 0 Å². The van der Waals surface area contributed by atoms with Crippen molar-refractivity contribution in [2.24, 2.45) is 11.7 Å². The highest BCUT2D eigenvalue weighted by molar-refractivity contribution is 4.93. The monoisotopic (exact) mass is 240 g/mol. The number of rotatable bonds is 5. The van der Waals surface area contributed by atoms with E-state index in [4.69, 9.17) is 10.5 Å². The van der Waals surface area contributed by atoms with Gasteiger partial charge in [-0.3, -0.25) is 4.90 Å². The van der Waals surface area contributed by atoms with Crippen LogP contribution in [0.2, 0.25) is 0 Å². The second-order valence-corrected chi connectivity index (χ2v) is 5.24. The second kappa shape index (κ2) is 7.14. The van der Waals surface area contributed by atoms with E-state index < -0.39 is 0 Å². The summed E-state index contributed by atoms with van der Waals surface area (Å²) in [4.78, 5) is 2.28. The molecule has 17 heavy (non-hydrogen) atoms. The summed E-state index contributed by atoms with van der Waals surface area (Å²) in [5, 5.41) is 0. The minimum absolute atomic E-state index is 0.210. The average molecular weight is 240 g/mol. The van der Waals surface area contributed by atoms with Crippen molar-refractivity contribution in [1.82, 2.24) is 4.90 Å². The number of ether oxygens (including phenoxy) is 1. The SMILES string of the molecule is C=CCN(C)C1C(N)CCC(CC)CC1OC. The normalized spacial score (nSPS) is 34.6. The molecule has 0 heterocycles. The number of methoxy groups -OCH3 is 1. The molecule has 0 spiro atoms. The van der Waals surface area contributed by atoms with Crippen molar-refractivity contribution < 1.29 is 4.74 Å². The molecule has 2 N–H and O–H groups in total. The summed E-state index contributed by atoms with van der Waals surface area (Å²) in [5.41, 5.74) is 6.34. The van der Waals surface area contributed by atoms with E-state index >= 15 is 0 Å². The summed E-state index contributed by atoms with van der Waals surface area (Å²) < 4.78 is 5.70. The fourth-order valence-corrected chi connectivity index (χ4v) is 3.00. The zero-order valence-electron chi connectivity index (χ0n) is 11.6. The largest absolute Gasteiger partial charge is 0.380 e. The highest BCUT2D eigenvalue weighted by Gasteiger charge is 2.34. The molecule has 0 radical (unpaired) electrons. The standard InChI is InChI=1S/C14H28N2O/c1-5-9-16(3)14-12(15)8-7-11(6-2)10-13(14)17-4/h5,11-14H,1,6-10,15H2,2-4H3. The summed E-state index contributed by atoms with van der Waals surface area (Å²) in [6, 6.07) is 0.524. The lowest BCUT2D eigenvalue weighted by Crippen LogP contribution is -2.52. The molecule has 0 aromatic rings. The van der Waals surface area contributed by atoms with Crippen LogP contribution in [0, 0.1) is 5.92 Å². The molecule has 3 heteroatoms. The predicted molar refractivity (Wildman–Crippen MR) is 73.0 cm³/mol. The van der Waals surface area contributed by atoms with Crippen LogP contribution < -0.4 is 5.73 Å². The van der Waals surface area contributed by atoms with Crippen molar-refractivity contribution >= 4 is 0 Å². The Hall–Kier alpha value is -0.380. The van der Waals surface area contributed by atoms with Gasteiger partial charge in [0.05, 0.1) is 12.1 Å². The van der Waals surface area contributed by atoms with Gasteiger partial charge in [0.1, 0.15) is 0 Å². The smallest absolute Gasteiger partial charge is 0.0744 e. The molecular weight excluding hydrogens is 212 g/mol.